The molecule has 55 heavy (non-hydrogen) atoms. The number of ether oxygens (including phenoxy) is 2. The lowest BCUT2D eigenvalue weighted by Crippen LogP contribution is -2.60. The molecule has 2 aliphatic heterocycles. The molecule has 5 rings (SSSR count). The number of hydrogen-bond donors (Lipinski definition) is 3. The highest BCUT2D eigenvalue weighted by Crippen LogP contribution is 2.39. The molecule has 15 heteroatoms. The Morgan fingerprint density at radius 1 is 0.836 bits per heavy atom. The molecule has 4 atom stereocenters. The van der Waals surface area contributed by atoms with E-state index in [1.807, 2.05) is 45.0 Å². The molecule has 4 unspecified atom stereocenters. The SMILES string of the molecule is CCC(Cc1ccc(-n2ccc(NC(=O)N3CCN(C(=O)C(C)(C)NC(=O)OC(C)(C)C)CC3)nc2=O)cc1)N1CC2CCC(NC(=O)OC(C)(C)C)C2C1. The van der Waals surface area contributed by atoms with Gasteiger partial charge in [0.05, 0.1) is 5.69 Å². The first kappa shape index (κ1) is 41.5. The summed E-state index contributed by atoms with van der Waals surface area (Å²) in [6.45, 7) is 19.4. The van der Waals surface area contributed by atoms with Gasteiger partial charge in [0.25, 0.3) is 0 Å². The number of alkyl carbamates (subject to hydrolysis) is 2. The second-order valence-electron chi connectivity index (χ2n) is 17.6. The maximum absolute atomic E-state index is 13.2. The summed E-state index contributed by atoms with van der Waals surface area (Å²) in [5.41, 5.74) is -1.09. The van der Waals surface area contributed by atoms with Crippen molar-refractivity contribution in [3.63, 3.8) is 0 Å². The highest BCUT2D eigenvalue weighted by atomic mass is 16.6. The number of nitrogens with one attached hydrogen (secondary N) is 3. The third kappa shape index (κ3) is 11.0. The predicted octanol–water partition coefficient (Wildman–Crippen LogP) is 4.77. The molecule has 2 aromatic rings. The molecular weight excluding hydrogens is 704 g/mol. The zero-order valence-corrected chi connectivity index (χ0v) is 33.9. The number of benzene rings is 1. The first-order chi connectivity index (χ1) is 25.7. The van der Waals surface area contributed by atoms with E-state index in [0.717, 1.165) is 38.8 Å². The normalized spacial score (nSPS) is 21.1. The minimum Gasteiger partial charge on any atom is -0.444 e. The number of aromatic nitrogens is 2. The third-order valence-electron chi connectivity index (χ3n) is 10.5. The van der Waals surface area contributed by atoms with Gasteiger partial charge in [0.1, 0.15) is 22.6 Å². The topological polar surface area (TPSA) is 167 Å². The van der Waals surface area contributed by atoms with E-state index in [0.29, 0.717) is 23.6 Å². The van der Waals surface area contributed by atoms with Gasteiger partial charge in [-0.05, 0) is 117 Å². The summed E-state index contributed by atoms with van der Waals surface area (Å²) in [4.78, 5) is 73.9. The van der Waals surface area contributed by atoms with Crippen LogP contribution in [0.25, 0.3) is 5.69 Å². The smallest absolute Gasteiger partial charge is 0.408 e. The Kier molecular flexibility index (Phi) is 12.5. The van der Waals surface area contributed by atoms with Crippen molar-refractivity contribution in [1.82, 2.24) is 34.9 Å². The third-order valence-corrected chi connectivity index (χ3v) is 10.5. The van der Waals surface area contributed by atoms with Crippen LogP contribution in [0.15, 0.2) is 41.3 Å². The number of urea groups is 1. The quantitative estimate of drug-likeness (QED) is 0.326. The molecule has 5 amide bonds. The zero-order valence-electron chi connectivity index (χ0n) is 33.9. The second kappa shape index (κ2) is 16.6. The van der Waals surface area contributed by atoms with Crippen LogP contribution in [0.5, 0.6) is 0 Å². The molecular formula is C40H60N8O7. The molecule has 2 saturated heterocycles. The Morgan fingerprint density at radius 3 is 2.05 bits per heavy atom. The Balaban J connectivity index is 1.10. The average Bonchev–Trinajstić information content (AvgIpc) is 3.67. The summed E-state index contributed by atoms with van der Waals surface area (Å²) in [7, 11) is 0. The van der Waals surface area contributed by atoms with Gasteiger partial charge in [-0.3, -0.25) is 19.6 Å². The Hall–Kier alpha value is -4.66. The van der Waals surface area contributed by atoms with Gasteiger partial charge in [0.2, 0.25) is 5.91 Å². The van der Waals surface area contributed by atoms with Gasteiger partial charge in [-0.1, -0.05) is 19.1 Å². The number of amides is 5. The molecule has 3 N–H and O–H groups in total. The van der Waals surface area contributed by atoms with Crippen LogP contribution in [0.4, 0.5) is 20.2 Å². The molecule has 3 aliphatic rings. The number of anilines is 1. The number of nitrogens with zero attached hydrogens (tertiary/aromatic N) is 5. The van der Waals surface area contributed by atoms with E-state index in [-0.39, 0.29) is 50.0 Å². The van der Waals surface area contributed by atoms with Crippen LogP contribution in [-0.4, -0.2) is 116 Å². The van der Waals surface area contributed by atoms with Crippen molar-refractivity contribution in [3.8, 4) is 5.69 Å². The monoisotopic (exact) mass is 764 g/mol. The Morgan fingerprint density at radius 2 is 1.45 bits per heavy atom. The molecule has 1 aliphatic carbocycles. The summed E-state index contributed by atoms with van der Waals surface area (Å²) in [6.07, 6.45) is 4.55. The summed E-state index contributed by atoms with van der Waals surface area (Å²) in [6, 6.07) is 9.57. The van der Waals surface area contributed by atoms with E-state index >= 15 is 0 Å². The van der Waals surface area contributed by atoms with Crippen LogP contribution < -0.4 is 21.6 Å². The summed E-state index contributed by atoms with van der Waals surface area (Å²) >= 11 is 0. The predicted molar refractivity (Wildman–Crippen MR) is 209 cm³/mol. The molecule has 0 radical (unpaired) electrons. The van der Waals surface area contributed by atoms with Crippen LogP contribution in [0.3, 0.4) is 0 Å². The standard InChI is InChI=1S/C40H60N8O7/c1-10-28(47-24-27-13-16-31(30(27)25-47)41-36(52)54-38(2,3)4)23-26-11-14-29(15-12-26)48-18-17-32(43-35(48)51)42-34(50)46-21-19-45(20-22-46)33(49)40(8,9)44-37(53)55-39(5,6)7/h11-12,14-15,17-18,27-28,30-31H,10,13,16,19-25H2,1-9H3,(H,41,52)(H,44,53)(H,42,43,50,51). The number of hydrogen-bond acceptors (Lipinski definition) is 9. The van der Waals surface area contributed by atoms with Gasteiger partial charge < -0.3 is 29.9 Å². The lowest BCUT2D eigenvalue weighted by molar-refractivity contribution is -0.138. The molecule has 1 saturated carbocycles. The average molecular weight is 765 g/mol. The minimum absolute atomic E-state index is 0.133. The van der Waals surface area contributed by atoms with Gasteiger partial charge in [0.15, 0.2) is 0 Å². The van der Waals surface area contributed by atoms with Crippen LogP contribution in [0, 0.1) is 11.8 Å². The fraction of sp³-hybridized carbons (Fsp3) is 0.650. The van der Waals surface area contributed by atoms with Crippen molar-refractivity contribution in [2.75, 3.05) is 44.6 Å². The molecule has 3 heterocycles. The van der Waals surface area contributed by atoms with Crippen LogP contribution in [-0.2, 0) is 20.7 Å². The molecule has 302 valence electrons. The fourth-order valence-corrected chi connectivity index (χ4v) is 7.81. The van der Waals surface area contributed by atoms with Crippen LogP contribution >= 0.6 is 0 Å². The number of carbonyl (C=O) groups excluding carboxylic acids is 4. The largest absolute Gasteiger partial charge is 0.444 e. The highest BCUT2D eigenvalue weighted by molar-refractivity contribution is 5.90. The maximum atomic E-state index is 13.2. The van der Waals surface area contributed by atoms with E-state index in [2.05, 4.69) is 32.8 Å². The lowest BCUT2D eigenvalue weighted by atomic mass is 9.98. The molecule has 15 nitrogen and oxygen atoms in total. The highest BCUT2D eigenvalue weighted by Gasteiger charge is 2.45. The van der Waals surface area contributed by atoms with Crippen molar-refractivity contribution in [1.29, 1.82) is 0 Å². The fourth-order valence-electron chi connectivity index (χ4n) is 7.81. The van der Waals surface area contributed by atoms with Crippen molar-refractivity contribution in [2.24, 2.45) is 11.8 Å². The van der Waals surface area contributed by atoms with Gasteiger partial charge in [-0.25, -0.2) is 19.2 Å². The molecule has 1 aromatic carbocycles. The van der Waals surface area contributed by atoms with Crippen LogP contribution in [0.2, 0.25) is 0 Å². The van der Waals surface area contributed by atoms with Crippen molar-refractivity contribution in [3.05, 3.63) is 52.6 Å². The summed E-state index contributed by atoms with van der Waals surface area (Å²) < 4.78 is 12.3. The van der Waals surface area contributed by atoms with Crippen LogP contribution in [0.1, 0.15) is 87.1 Å². The van der Waals surface area contributed by atoms with Crippen molar-refractivity contribution >= 4 is 29.9 Å². The summed E-state index contributed by atoms with van der Waals surface area (Å²) in [5.74, 6) is 0.845. The number of fused-ring (bicyclic) bond motifs is 1. The van der Waals surface area contributed by atoms with Gasteiger partial charge in [-0.2, -0.15) is 4.98 Å². The minimum atomic E-state index is -1.19. The van der Waals surface area contributed by atoms with E-state index in [4.69, 9.17) is 9.47 Å². The van der Waals surface area contributed by atoms with E-state index in [9.17, 15) is 24.0 Å². The van der Waals surface area contributed by atoms with E-state index in [1.54, 1.807) is 56.7 Å². The second-order valence-corrected chi connectivity index (χ2v) is 17.6. The van der Waals surface area contributed by atoms with E-state index in [1.165, 1.54) is 10.1 Å². The molecule has 0 bridgehead atoms. The van der Waals surface area contributed by atoms with Crippen molar-refractivity contribution in [2.45, 2.75) is 117 Å². The zero-order chi connectivity index (χ0) is 40.3. The maximum Gasteiger partial charge on any atom is 0.408 e. The van der Waals surface area contributed by atoms with E-state index < -0.39 is 34.6 Å². The lowest BCUT2D eigenvalue weighted by Gasteiger charge is -2.38. The van der Waals surface area contributed by atoms with Gasteiger partial charge in [-0.15, -0.1) is 0 Å². The molecule has 0 spiro atoms. The van der Waals surface area contributed by atoms with Crippen molar-refractivity contribution < 1.29 is 28.7 Å². The number of piperazine rings is 1. The molecule has 1 aromatic heterocycles. The number of likely N-dealkylation sites (tertiary alicyclic amines) is 1. The Labute approximate surface area is 324 Å². The number of carbonyl (C=O) groups is 4. The van der Waals surface area contributed by atoms with Gasteiger partial charge in [0, 0.05) is 57.5 Å². The first-order valence-electron chi connectivity index (χ1n) is 19.5. The summed E-state index contributed by atoms with van der Waals surface area (Å²) in [5, 5.41) is 8.48. The van der Waals surface area contributed by atoms with Gasteiger partial charge >= 0.3 is 23.9 Å². The number of rotatable bonds is 9. The first-order valence-corrected chi connectivity index (χ1v) is 19.5. The Bertz CT molecular complexity index is 1760. The molecule has 3 fully saturated rings.